The summed E-state index contributed by atoms with van der Waals surface area (Å²) in [5, 5.41) is 3.04. The molecule has 0 spiro atoms. The molecule has 0 radical (unpaired) electrons. The van der Waals surface area contributed by atoms with E-state index in [4.69, 9.17) is 9.47 Å². The number of carbonyl (C=O) groups excluding carboxylic acids is 1. The molecular weight excluding hydrogens is 314 g/mol. The maximum atomic E-state index is 12.4. The molecule has 0 aliphatic rings. The second-order valence-electron chi connectivity index (χ2n) is 7.02. The minimum atomic E-state index is -0.0279. The van der Waals surface area contributed by atoms with Gasteiger partial charge in [0, 0.05) is 12.1 Å². The quantitative estimate of drug-likeness (QED) is 0.837. The second kappa shape index (κ2) is 8.06. The summed E-state index contributed by atoms with van der Waals surface area (Å²) in [6, 6.07) is 13.6. The molecule has 2 rings (SSSR count). The zero-order valence-electron chi connectivity index (χ0n) is 15.7. The molecule has 0 saturated carbocycles. The van der Waals surface area contributed by atoms with Crippen LogP contribution in [0.25, 0.3) is 0 Å². The van der Waals surface area contributed by atoms with Crippen LogP contribution in [0.3, 0.4) is 0 Å². The Kier molecular flexibility index (Phi) is 6.07. The number of ether oxygens (including phenoxy) is 2. The Balaban J connectivity index is 2.08. The molecule has 0 bridgehead atoms. The van der Waals surface area contributed by atoms with Crippen molar-refractivity contribution in [1.29, 1.82) is 0 Å². The monoisotopic (exact) mass is 341 g/mol. The summed E-state index contributed by atoms with van der Waals surface area (Å²) in [5.74, 6) is 1.51. The predicted molar refractivity (Wildman–Crippen MR) is 102 cm³/mol. The van der Waals surface area contributed by atoms with Gasteiger partial charge in [0.05, 0.1) is 14.2 Å². The molecule has 2 aromatic carbocycles. The van der Waals surface area contributed by atoms with Gasteiger partial charge in [0.15, 0.2) is 0 Å². The molecule has 134 valence electrons. The van der Waals surface area contributed by atoms with Crippen LogP contribution >= 0.6 is 0 Å². The SMILES string of the molecule is COc1ccc(OC)c(CCC(=O)Nc2ccccc2C(C)(C)C)c1. The lowest BCUT2D eigenvalue weighted by Crippen LogP contribution is -2.19. The molecular formula is C21H27NO3. The van der Waals surface area contributed by atoms with Gasteiger partial charge in [-0.3, -0.25) is 4.79 Å². The number of rotatable bonds is 6. The van der Waals surface area contributed by atoms with Crippen molar-refractivity contribution >= 4 is 11.6 Å². The molecule has 1 N–H and O–H groups in total. The minimum absolute atomic E-state index is 0.0124. The van der Waals surface area contributed by atoms with Gasteiger partial charge in [-0.25, -0.2) is 0 Å². The summed E-state index contributed by atoms with van der Waals surface area (Å²) < 4.78 is 10.6. The van der Waals surface area contributed by atoms with Crippen LogP contribution in [0.4, 0.5) is 5.69 Å². The van der Waals surface area contributed by atoms with Crippen LogP contribution < -0.4 is 14.8 Å². The highest BCUT2D eigenvalue weighted by molar-refractivity contribution is 5.91. The van der Waals surface area contributed by atoms with Gasteiger partial charge in [-0.1, -0.05) is 39.0 Å². The number of nitrogens with one attached hydrogen (secondary N) is 1. The van der Waals surface area contributed by atoms with Gasteiger partial charge in [-0.15, -0.1) is 0 Å². The molecule has 2 aromatic rings. The highest BCUT2D eigenvalue weighted by atomic mass is 16.5. The average molecular weight is 341 g/mol. The lowest BCUT2D eigenvalue weighted by molar-refractivity contribution is -0.116. The number of methoxy groups -OCH3 is 2. The van der Waals surface area contributed by atoms with Crippen LogP contribution in [0.5, 0.6) is 11.5 Å². The van der Waals surface area contributed by atoms with Crippen LogP contribution in [0, 0.1) is 0 Å². The van der Waals surface area contributed by atoms with Gasteiger partial charge < -0.3 is 14.8 Å². The van der Waals surface area contributed by atoms with Crippen molar-refractivity contribution in [3.05, 3.63) is 53.6 Å². The van der Waals surface area contributed by atoms with Crippen molar-refractivity contribution in [1.82, 2.24) is 0 Å². The van der Waals surface area contributed by atoms with Gasteiger partial charge in [-0.05, 0) is 47.2 Å². The van der Waals surface area contributed by atoms with Crippen LogP contribution in [0.2, 0.25) is 0 Å². The first-order chi connectivity index (χ1) is 11.8. The molecule has 0 fully saturated rings. The van der Waals surface area contributed by atoms with Gasteiger partial charge in [0.2, 0.25) is 5.91 Å². The Bertz CT molecular complexity index is 732. The molecule has 0 atom stereocenters. The first kappa shape index (κ1) is 18.8. The number of anilines is 1. The summed E-state index contributed by atoms with van der Waals surface area (Å²) in [7, 11) is 3.26. The normalized spacial score (nSPS) is 11.1. The molecule has 0 aromatic heterocycles. The fourth-order valence-corrected chi connectivity index (χ4v) is 2.78. The molecule has 0 unspecified atom stereocenters. The van der Waals surface area contributed by atoms with E-state index in [1.165, 1.54) is 0 Å². The Labute approximate surface area is 150 Å². The van der Waals surface area contributed by atoms with Crippen molar-refractivity contribution in [2.75, 3.05) is 19.5 Å². The van der Waals surface area contributed by atoms with Crippen molar-refractivity contribution in [3.8, 4) is 11.5 Å². The number of amides is 1. The molecule has 0 aliphatic heterocycles. The molecule has 4 nitrogen and oxygen atoms in total. The van der Waals surface area contributed by atoms with Crippen LogP contribution in [-0.2, 0) is 16.6 Å². The van der Waals surface area contributed by atoms with Crippen LogP contribution in [-0.4, -0.2) is 20.1 Å². The second-order valence-corrected chi connectivity index (χ2v) is 7.02. The van der Waals surface area contributed by atoms with Crippen molar-refractivity contribution in [2.45, 2.75) is 39.0 Å². The van der Waals surface area contributed by atoms with E-state index in [1.54, 1.807) is 14.2 Å². The average Bonchev–Trinajstić information content (AvgIpc) is 2.59. The summed E-state index contributed by atoms with van der Waals surface area (Å²) >= 11 is 0. The lowest BCUT2D eigenvalue weighted by atomic mass is 9.86. The third-order valence-corrected chi connectivity index (χ3v) is 4.12. The minimum Gasteiger partial charge on any atom is -0.497 e. The Morgan fingerprint density at radius 2 is 1.76 bits per heavy atom. The Morgan fingerprint density at radius 1 is 1.04 bits per heavy atom. The zero-order chi connectivity index (χ0) is 18.4. The fraction of sp³-hybridized carbons (Fsp3) is 0.381. The number of hydrogen-bond acceptors (Lipinski definition) is 3. The number of carbonyl (C=O) groups is 1. The third-order valence-electron chi connectivity index (χ3n) is 4.12. The summed E-state index contributed by atoms with van der Waals surface area (Å²) in [6.45, 7) is 6.41. The van der Waals surface area contributed by atoms with Gasteiger partial charge >= 0.3 is 0 Å². The molecule has 25 heavy (non-hydrogen) atoms. The first-order valence-corrected chi connectivity index (χ1v) is 8.45. The molecule has 4 heteroatoms. The van der Waals surface area contributed by atoms with E-state index < -0.39 is 0 Å². The van der Waals surface area contributed by atoms with E-state index >= 15 is 0 Å². The number of aryl methyl sites for hydroxylation is 1. The van der Waals surface area contributed by atoms with E-state index in [0.717, 1.165) is 28.3 Å². The summed E-state index contributed by atoms with van der Waals surface area (Å²) in [4.78, 5) is 12.4. The van der Waals surface area contributed by atoms with E-state index in [-0.39, 0.29) is 11.3 Å². The number of hydrogen-bond donors (Lipinski definition) is 1. The maximum Gasteiger partial charge on any atom is 0.224 e. The van der Waals surface area contributed by atoms with E-state index in [1.807, 2.05) is 36.4 Å². The maximum absolute atomic E-state index is 12.4. The topological polar surface area (TPSA) is 47.6 Å². The number of benzene rings is 2. The zero-order valence-corrected chi connectivity index (χ0v) is 15.7. The first-order valence-electron chi connectivity index (χ1n) is 8.45. The smallest absolute Gasteiger partial charge is 0.224 e. The largest absolute Gasteiger partial charge is 0.497 e. The summed E-state index contributed by atoms with van der Waals surface area (Å²) in [6.07, 6.45) is 0.964. The number of para-hydroxylation sites is 1. The van der Waals surface area contributed by atoms with Crippen molar-refractivity contribution in [3.63, 3.8) is 0 Å². The van der Waals surface area contributed by atoms with E-state index in [2.05, 4.69) is 32.2 Å². The Hall–Kier alpha value is -2.49. The van der Waals surface area contributed by atoms with Gasteiger partial charge in [0.25, 0.3) is 0 Å². The predicted octanol–water partition coefficient (Wildman–Crippen LogP) is 4.57. The molecule has 0 aliphatic carbocycles. The van der Waals surface area contributed by atoms with Gasteiger partial charge in [-0.2, -0.15) is 0 Å². The van der Waals surface area contributed by atoms with Gasteiger partial charge in [0.1, 0.15) is 11.5 Å². The molecule has 1 amide bonds. The molecule has 0 heterocycles. The third kappa shape index (κ3) is 4.99. The standard InChI is InChI=1S/C21H27NO3/c1-21(2,3)17-8-6-7-9-18(17)22-20(23)13-10-15-14-16(24-4)11-12-19(15)25-5/h6-9,11-12,14H,10,13H2,1-5H3,(H,22,23). The van der Waals surface area contributed by atoms with E-state index in [0.29, 0.717) is 12.8 Å². The van der Waals surface area contributed by atoms with Crippen LogP contribution in [0.15, 0.2) is 42.5 Å². The van der Waals surface area contributed by atoms with E-state index in [9.17, 15) is 4.79 Å². The Morgan fingerprint density at radius 3 is 2.40 bits per heavy atom. The highest BCUT2D eigenvalue weighted by Crippen LogP contribution is 2.30. The fourth-order valence-electron chi connectivity index (χ4n) is 2.78. The highest BCUT2D eigenvalue weighted by Gasteiger charge is 2.18. The molecule has 0 saturated heterocycles. The van der Waals surface area contributed by atoms with Crippen molar-refractivity contribution < 1.29 is 14.3 Å². The van der Waals surface area contributed by atoms with Crippen molar-refractivity contribution in [2.24, 2.45) is 0 Å². The lowest BCUT2D eigenvalue weighted by Gasteiger charge is -2.23. The summed E-state index contributed by atoms with van der Waals surface area (Å²) in [5.41, 5.74) is 2.93. The van der Waals surface area contributed by atoms with Crippen LogP contribution in [0.1, 0.15) is 38.3 Å².